The number of rotatable bonds is 4. The lowest BCUT2D eigenvalue weighted by Crippen LogP contribution is -1.91. The third kappa shape index (κ3) is 3.44. The summed E-state index contributed by atoms with van der Waals surface area (Å²) in [6.45, 7) is 6.05. The molecule has 0 rings (SSSR count). The fourth-order valence-electron chi connectivity index (χ4n) is 0.784. The van der Waals surface area contributed by atoms with Gasteiger partial charge in [-0.2, -0.15) is 0 Å². The number of ketones is 1. The quantitative estimate of drug-likeness (QED) is 0.549. The van der Waals surface area contributed by atoms with Crippen molar-refractivity contribution in [3.63, 3.8) is 0 Å². The maximum atomic E-state index is 10.9. The average Bonchev–Trinajstić information content (AvgIpc) is 1.99. The van der Waals surface area contributed by atoms with E-state index in [2.05, 4.69) is 13.8 Å². The van der Waals surface area contributed by atoms with Crippen molar-refractivity contribution in [3.05, 3.63) is 11.6 Å². The lowest BCUT2D eigenvalue weighted by Gasteiger charge is -1.96. The van der Waals surface area contributed by atoms with Gasteiger partial charge < -0.3 is 0 Å². The van der Waals surface area contributed by atoms with E-state index in [1.807, 2.05) is 6.92 Å². The van der Waals surface area contributed by atoms with E-state index in [4.69, 9.17) is 0 Å². The molecule has 0 spiro atoms. The minimum atomic E-state index is 0.249. The second kappa shape index (κ2) is 5.21. The second-order valence-corrected chi connectivity index (χ2v) is 2.33. The lowest BCUT2D eigenvalue weighted by molar-refractivity contribution is -0.114. The van der Waals surface area contributed by atoms with Gasteiger partial charge in [-0.3, -0.25) is 4.79 Å². The number of carbonyl (C=O) groups is 1. The molecule has 0 aliphatic rings. The molecule has 0 aromatic rings. The highest BCUT2D eigenvalue weighted by Gasteiger charge is 1.94. The Hall–Kier alpha value is -0.590. The van der Waals surface area contributed by atoms with Crippen LogP contribution in [-0.2, 0) is 4.79 Å². The smallest absolute Gasteiger partial charge is 0.155 e. The van der Waals surface area contributed by atoms with Crippen LogP contribution in [-0.4, -0.2) is 5.78 Å². The molecule has 0 saturated carbocycles. The maximum absolute atomic E-state index is 10.9. The first-order chi connectivity index (χ1) is 4.74. The first kappa shape index (κ1) is 9.41. The molecule has 0 aliphatic heterocycles. The van der Waals surface area contributed by atoms with Gasteiger partial charge in [-0.1, -0.05) is 26.3 Å². The molecule has 0 aromatic heterocycles. The Kier molecular flexibility index (Phi) is 4.91. The third-order valence-electron chi connectivity index (χ3n) is 1.62. The van der Waals surface area contributed by atoms with Crippen molar-refractivity contribution in [3.8, 4) is 0 Å². The minimum Gasteiger partial charge on any atom is -0.295 e. The van der Waals surface area contributed by atoms with Crippen molar-refractivity contribution in [2.75, 3.05) is 0 Å². The van der Waals surface area contributed by atoms with Gasteiger partial charge in [-0.05, 0) is 18.9 Å². The van der Waals surface area contributed by atoms with Gasteiger partial charge in [0, 0.05) is 6.42 Å². The van der Waals surface area contributed by atoms with Gasteiger partial charge in [0.25, 0.3) is 0 Å². The molecule has 10 heavy (non-hydrogen) atoms. The van der Waals surface area contributed by atoms with E-state index in [1.165, 1.54) is 5.57 Å². The molecular weight excluding hydrogens is 124 g/mol. The van der Waals surface area contributed by atoms with Gasteiger partial charge >= 0.3 is 0 Å². The van der Waals surface area contributed by atoms with Crippen LogP contribution in [0.15, 0.2) is 11.6 Å². The molecule has 58 valence electrons. The molecule has 0 aromatic carbocycles. The molecule has 0 saturated heterocycles. The molecule has 1 heteroatoms. The zero-order valence-electron chi connectivity index (χ0n) is 7.11. The Labute approximate surface area is 63.1 Å². The fraction of sp³-hybridized carbons (Fsp3) is 0.667. The van der Waals surface area contributed by atoms with Crippen molar-refractivity contribution in [1.82, 2.24) is 0 Å². The Bertz CT molecular complexity index is 128. The van der Waals surface area contributed by atoms with Gasteiger partial charge in [-0.15, -0.1) is 0 Å². The highest BCUT2D eigenvalue weighted by Crippen LogP contribution is 2.05. The van der Waals surface area contributed by atoms with E-state index in [-0.39, 0.29) is 5.78 Å². The van der Waals surface area contributed by atoms with Crippen LogP contribution in [0.25, 0.3) is 0 Å². The average molecular weight is 140 g/mol. The van der Waals surface area contributed by atoms with Crippen LogP contribution in [0, 0.1) is 0 Å². The Balaban J connectivity index is 3.96. The molecule has 0 heterocycles. The largest absolute Gasteiger partial charge is 0.295 e. The molecule has 0 unspecified atom stereocenters. The van der Waals surface area contributed by atoms with Crippen LogP contribution in [0.5, 0.6) is 0 Å². The van der Waals surface area contributed by atoms with Gasteiger partial charge in [0.2, 0.25) is 0 Å². The molecular formula is C9H16O. The Morgan fingerprint density at radius 3 is 1.90 bits per heavy atom. The van der Waals surface area contributed by atoms with Crippen LogP contribution in [0.2, 0.25) is 0 Å². The van der Waals surface area contributed by atoms with Gasteiger partial charge in [0.05, 0.1) is 0 Å². The van der Waals surface area contributed by atoms with Gasteiger partial charge in [0.1, 0.15) is 0 Å². The van der Waals surface area contributed by atoms with Crippen molar-refractivity contribution < 1.29 is 4.79 Å². The zero-order valence-corrected chi connectivity index (χ0v) is 7.11. The molecule has 0 amide bonds. The summed E-state index contributed by atoms with van der Waals surface area (Å²) in [5, 5.41) is 0. The van der Waals surface area contributed by atoms with E-state index < -0.39 is 0 Å². The van der Waals surface area contributed by atoms with E-state index in [0.717, 1.165) is 12.8 Å². The van der Waals surface area contributed by atoms with E-state index in [0.29, 0.717) is 6.42 Å². The Morgan fingerprint density at radius 2 is 1.60 bits per heavy atom. The van der Waals surface area contributed by atoms with Crippen molar-refractivity contribution in [2.45, 2.75) is 40.0 Å². The molecule has 0 fully saturated rings. The first-order valence-electron chi connectivity index (χ1n) is 3.96. The molecule has 1 nitrogen and oxygen atoms in total. The molecule has 0 aliphatic carbocycles. The third-order valence-corrected chi connectivity index (χ3v) is 1.62. The second-order valence-electron chi connectivity index (χ2n) is 2.33. The number of carbonyl (C=O) groups excluding carboxylic acids is 1. The highest BCUT2D eigenvalue weighted by molar-refractivity contribution is 5.89. The van der Waals surface area contributed by atoms with Crippen LogP contribution in [0.4, 0.5) is 0 Å². The standard InChI is InChI=1S/C9H16O/c1-4-8(5-2)7-9(10)6-3/h7H,4-6H2,1-3H3. The van der Waals surface area contributed by atoms with Crippen LogP contribution < -0.4 is 0 Å². The summed E-state index contributed by atoms with van der Waals surface area (Å²) in [5.74, 6) is 0.249. The fourth-order valence-corrected chi connectivity index (χ4v) is 0.784. The minimum absolute atomic E-state index is 0.249. The predicted molar refractivity (Wildman–Crippen MR) is 44.0 cm³/mol. The monoisotopic (exact) mass is 140 g/mol. The first-order valence-corrected chi connectivity index (χ1v) is 3.96. The summed E-state index contributed by atoms with van der Waals surface area (Å²) >= 11 is 0. The molecule has 0 atom stereocenters. The summed E-state index contributed by atoms with van der Waals surface area (Å²) in [6, 6.07) is 0. The maximum Gasteiger partial charge on any atom is 0.155 e. The van der Waals surface area contributed by atoms with Crippen LogP contribution in [0.1, 0.15) is 40.0 Å². The summed E-state index contributed by atoms with van der Waals surface area (Å²) in [7, 11) is 0. The Morgan fingerprint density at radius 1 is 1.10 bits per heavy atom. The summed E-state index contributed by atoms with van der Waals surface area (Å²) in [6.07, 6.45) is 4.41. The molecule has 0 radical (unpaired) electrons. The highest BCUT2D eigenvalue weighted by atomic mass is 16.1. The number of hydrogen-bond donors (Lipinski definition) is 0. The van der Waals surface area contributed by atoms with Crippen molar-refractivity contribution in [2.24, 2.45) is 0 Å². The van der Waals surface area contributed by atoms with Gasteiger partial charge in [-0.25, -0.2) is 0 Å². The molecule has 0 N–H and O–H groups in total. The zero-order chi connectivity index (χ0) is 7.98. The number of allylic oxidation sites excluding steroid dienone is 2. The normalized spacial score (nSPS) is 9.10. The summed E-state index contributed by atoms with van der Waals surface area (Å²) in [5.41, 5.74) is 1.26. The van der Waals surface area contributed by atoms with Crippen molar-refractivity contribution in [1.29, 1.82) is 0 Å². The van der Waals surface area contributed by atoms with E-state index in [9.17, 15) is 4.79 Å². The summed E-state index contributed by atoms with van der Waals surface area (Å²) < 4.78 is 0. The van der Waals surface area contributed by atoms with Gasteiger partial charge in [0.15, 0.2) is 5.78 Å². The number of hydrogen-bond acceptors (Lipinski definition) is 1. The topological polar surface area (TPSA) is 17.1 Å². The van der Waals surface area contributed by atoms with E-state index >= 15 is 0 Å². The lowest BCUT2D eigenvalue weighted by atomic mass is 10.1. The van der Waals surface area contributed by atoms with Crippen molar-refractivity contribution >= 4 is 5.78 Å². The molecule has 0 bridgehead atoms. The van der Waals surface area contributed by atoms with Crippen LogP contribution in [0.3, 0.4) is 0 Å². The summed E-state index contributed by atoms with van der Waals surface area (Å²) in [4.78, 5) is 10.9. The van der Waals surface area contributed by atoms with E-state index in [1.54, 1.807) is 6.08 Å². The predicted octanol–water partition coefficient (Wildman–Crippen LogP) is 2.71. The van der Waals surface area contributed by atoms with Crippen LogP contribution >= 0.6 is 0 Å². The SMILES string of the molecule is CCC(=O)C=C(CC)CC.